The van der Waals surface area contributed by atoms with Crippen molar-refractivity contribution in [2.45, 2.75) is 50.9 Å². The van der Waals surface area contributed by atoms with Crippen molar-refractivity contribution in [3.8, 4) is 5.75 Å². The average Bonchev–Trinajstić information content (AvgIpc) is 3.45. The monoisotopic (exact) mass is 448 g/mol. The Kier molecular flexibility index (Phi) is 7.11. The summed E-state index contributed by atoms with van der Waals surface area (Å²) < 4.78 is 5.38. The van der Waals surface area contributed by atoms with Gasteiger partial charge in [-0.15, -0.1) is 0 Å². The normalized spacial score (nSPS) is 18.8. The number of amides is 1. The van der Waals surface area contributed by atoms with Crippen LogP contribution < -0.4 is 10.1 Å². The van der Waals surface area contributed by atoms with E-state index in [-0.39, 0.29) is 11.9 Å². The van der Waals surface area contributed by atoms with Gasteiger partial charge < -0.3 is 20.1 Å². The molecule has 1 aliphatic rings. The van der Waals surface area contributed by atoms with Crippen molar-refractivity contribution in [3.05, 3.63) is 82.7 Å². The predicted octanol–water partition coefficient (Wildman–Crippen LogP) is 3.40. The number of aliphatic hydroxyl groups is 1. The van der Waals surface area contributed by atoms with Crippen molar-refractivity contribution in [1.29, 1.82) is 0 Å². The van der Waals surface area contributed by atoms with Crippen LogP contribution in [0, 0.1) is 6.92 Å². The zero-order valence-electron chi connectivity index (χ0n) is 19.4. The number of hydrogen-bond acceptors (Lipinski definition) is 5. The van der Waals surface area contributed by atoms with E-state index in [0.717, 1.165) is 30.5 Å². The van der Waals surface area contributed by atoms with Gasteiger partial charge in [0.15, 0.2) is 5.75 Å². The highest BCUT2D eigenvalue weighted by molar-refractivity contribution is 5.94. The number of hydrogen-bond donors (Lipinski definition) is 3. The van der Waals surface area contributed by atoms with Crippen molar-refractivity contribution in [2.75, 3.05) is 14.2 Å². The Morgan fingerprint density at radius 1 is 1.18 bits per heavy atom. The smallest absolute Gasteiger partial charge is 0.253 e. The van der Waals surface area contributed by atoms with Crippen molar-refractivity contribution in [3.63, 3.8) is 0 Å². The molecule has 174 valence electrons. The predicted molar refractivity (Wildman–Crippen MR) is 127 cm³/mol. The fourth-order valence-corrected chi connectivity index (χ4v) is 4.57. The highest BCUT2D eigenvalue weighted by Gasteiger charge is 2.30. The Morgan fingerprint density at radius 2 is 1.91 bits per heavy atom. The van der Waals surface area contributed by atoms with Crippen LogP contribution in [0.4, 0.5) is 0 Å². The van der Waals surface area contributed by atoms with Crippen LogP contribution >= 0.6 is 0 Å². The molecular formula is C26H32N4O3. The molecule has 7 nitrogen and oxygen atoms in total. The van der Waals surface area contributed by atoms with Crippen LogP contribution in [-0.4, -0.2) is 52.4 Å². The van der Waals surface area contributed by atoms with E-state index in [1.54, 1.807) is 19.1 Å². The highest BCUT2D eigenvalue weighted by Crippen LogP contribution is 2.27. The highest BCUT2D eigenvalue weighted by atomic mass is 16.5. The van der Waals surface area contributed by atoms with Gasteiger partial charge in [-0.25, -0.2) is 0 Å². The maximum Gasteiger partial charge on any atom is 0.253 e. The molecular weight excluding hydrogens is 416 g/mol. The minimum atomic E-state index is -0.497. The van der Waals surface area contributed by atoms with E-state index in [9.17, 15) is 9.90 Å². The standard InChI is InChI=1S/C26H32N4O3/c1-17-25(33-3)23(29-28-17)16-30(2)26(32)20-11-9-18(10-12-20)15-21-13-14-22(27-21)24(31)19-7-5-4-6-8-19/h4-12,21-22,24,27,31H,13-16H2,1-3H3,(H,28,29)/t21-,22+,24?/m0/s1. The molecule has 0 radical (unpaired) electrons. The van der Waals surface area contributed by atoms with E-state index in [4.69, 9.17) is 4.74 Å². The molecule has 2 heterocycles. The third-order valence-corrected chi connectivity index (χ3v) is 6.38. The van der Waals surface area contributed by atoms with Crippen LogP contribution in [0.3, 0.4) is 0 Å². The Hall–Kier alpha value is -3.16. The number of ether oxygens (including phenoxy) is 1. The van der Waals surface area contributed by atoms with Gasteiger partial charge in [0.25, 0.3) is 5.91 Å². The van der Waals surface area contributed by atoms with Crippen molar-refractivity contribution in [2.24, 2.45) is 0 Å². The lowest BCUT2D eigenvalue weighted by atomic mass is 10.0. The first-order valence-corrected chi connectivity index (χ1v) is 11.4. The Labute approximate surface area is 194 Å². The number of aromatic amines is 1. The molecule has 1 amide bonds. The zero-order chi connectivity index (χ0) is 23.4. The summed E-state index contributed by atoms with van der Waals surface area (Å²) in [4.78, 5) is 14.5. The van der Waals surface area contributed by atoms with Gasteiger partial charge in [-0.2, -0.15) is 5.10 Å². The molecule has 3 atom stereocenters. The van der Waals surface area contributed by atoms with E-state index in [1.807, 2.05) is 61.5 Å². The summed E-state index contributed by atoms with van der Waals surface area (Å²) in [6.07, 6.45) is 2.33. The summed E-state index contributed by atoms with van der Waals surface area (Å²) in [7, 11) is 3.37. The van der Waals surface area contributed by atoms with Crippen LogP contribution in [0.25, 0.3) is 0 Å². The number of rotatable bonds is 8. The number of aromatic nitrogens is 2. The summed E-state index contributed by atoms with van der Waals surface area (Å²) in [5.41, 5.74) is 4.32. The molecule has 0 saturated carbocycles. The molecule has 3 N–H and O–H groups in total. The van der Waals surface area contributed by atoms with Crippen molar-refractivity contribution < 1.29 is 14.6 Å². The van der Waals surface area contributed by atoms with Crippen LogP contribution in [0.15, 0.2) is 54.6 Å². The summed E-state index contributed by atoms with van der Waals surface area (Å²) in [6.45, 7) is 2.25. The number of carbonyl (C=O) groups is 1. The molecule has 0 spiro atoms. The van der Waals surface area contributed by atoms with Crippen LogP contribution in [0.5, 0.6) is 5.75 Å². The molecule has 1 fully saturated rings. The number of nitrogens with zero attached hydrogens (tertiary/aromatic N) is 2. The number of methoxy groups -OCH3 is 1. The van der Waals surface area contributed by atoms with Gasteiger partial charge in [0.2, 0.25) is 0 Å². The van der Waals surface area contributed by atoms with E-state index < -0.39 is 6.10 Å². The molecule has 3 aromatic rings. The third kappa shape index (κ3) is 5.26. The Balaban J connectivity index is 1.32. The third-order valence-electron chi connectivity index (χ3n) is 6.38. The maximum absolute atomic E-state index is 12.9. The van der Waals surface area contributed by atoms with Crippen LogP contribution in [-0.2, 0) is 13.0 Å². The largest absolute Gasteiger partial charge is 0.493 e. The lowest BCUT2D eigenvalue weighted by molar-refractivity contribution is 0.0782. The second-order valence-corrected chi connectivity index (χ2v) is 8.79. The molecule has 1 unspecified atom stereocenters. The first-order chi connectivity index (χ1) is 16.0. The van der Waals surface area contributed by atoms with E-state index in [0.29, 0.717) is 29.6 Å². The van der Waals surface area contributed by atoms with Crippen LogP contribution in [0.1, 0.15) is 51.8 Å². The quantitative estimate of drug-likeness (QED) is 0.491. The second kappa shape index (κ2) is 10.2. The Morgan fingerprint density at radius 3 is 2.61 bits per heavy atom. The van der Waals surface area contributed by atoms with Gasteiger partial charge >= 0.3 is 0 Å². The molecule has 7 heteroatoms. The number of aliphatic hydroxyl groups excluding tert-OH is 1. The first kappa shape index (κ1) is 23.0. The van der Waals surface area contributed by atoms with E-state index >= 15 is 0 Å². The van der Waals surface area contributed by atoms with Gasteiger partial charge in [0.05, 0.1) is 25.5 Å². The number of carbonyl (C=O) groups excluding carboxylic acids is 1. The van der Waals surface area contributed by atoms with Crippen LogP contribution in [0.2, 0.25) is 0 Å². The fraction of sp³-hybridized carbons (Fsp3) is 0.385. The van der Waals surface area contributed by atoms with E-state index in [2.05, 4.69) is 15.5 Å². The summed E-state index contributed by atoms with van der Waals surface area (Å²) in [5.74, 6) is 0.624. The number of H-pyrrole nitrogens is 1. The first-order valence-electron chi connectivity index (χ1n) is 11.4. The van der Waals surface area contributed by atoms with Gasteiger partial charge in [-0.1, -0.05) is 42.5 Å². The lowest BCUT2D eigenvalue weighted by Crippen LogP contribution is -2.35. The second-order valence-electron chi connectivity index (χ2n) is 8.79. The minimum absolute atomic E-state index is 0.0608. The van der Waals surface area contributed by atoms with Crippen molar-refractivity contribution in [1.82, 2.24) is 20.4 Å². The average molecular weight is 449 g/mol. The van der Waals surface area contributed by atoms with Gasteiger partial charge in [0.1, 0.15) is 5.69 Å². The zero-order valence-corrected chi connectivity index (χ0v) is 19.4. The van der Waals surface area contributed by atoms with E-state index in [1.165, 1.54) is 5.56 Å². The summed E-state index contributed by atoms with van der Waals surface area (Å²) in [6, 6.07) is 18.0. The number of nitrogens with one attached hydrogen (secondary N) is 2. The molecule has 1 aliphatic heterocycles. The molecule has 1 aromatic heterocycles. The number of aryl methyl sites for hydroxylation is 1. The summed E-state index contributed by atoms with van der Waals surface area (Å²) in [5, 5.41) is 21.4. The van der Waals surface area contributed by atoms with Gasteiger partial charge in [-0.05, 0) is 49.4 Å². The Bertz CT molecular complexity index is 1060. The van der Waals surface area contributed by atoms with Gasteiger partial charge in [0, 0.05) is 24.7 Å². The molecule has 0 aliphatic carbocycles. The summed E-state index contributed by atoms with van der Waals surface area (Å²) >= 11 is 0. The molecule has 2 aromatic carbocycles. The van der Waals surface area contributed by atoms with Crippen molar-refractivity contribution >= 4 is 5.91 Å². The minimum Gasteiger partial charge on any atom is -0.493 e. The lowest BCUT2D eigenvalue weighted by Gasteiger charge is -2.20. The molecule has 1 saturated heterocycles. The fourth-order valence-electron chi connectivity index (χ4n) is 4.57. The SMILES string of the molecule is COc1c(CN(C)C(=O)c2ccc(C[C@@H]3CC[C@H](C(O)c4ccccc4)N3)cc2)n[nH]c1C. The molecule has 0 bridgehead atoms. The molecule has 33 heavy (non-hydrogen) atoms. The number of benzene rings is 2. The topological polar surface area (TPSA) is 90.5 Å². The maximum atomic E-state index is 12.9. The molecule has 4 rings (SSSR count). The van der Waals surface area contributed by atoms with Gasteiger partial charge in [-0.3, -0.25) is 9.89 Å².